The highest BCUT2D eigenvalue weighted by atomic mass is 35.5. The number of rotatable bonds is 2. The van der Waals surface area contributed by atoms with E-state index in [9.17, 15) is 0 Å². The van der Waals surface area contributed by atoms with E-state index in [2.05, 4.69) is 4.98 Å². The summed E-state index contributed by atoms with van der Waals surface area (Å²) in [4.78, 5) is 4.61. The van der Waals surface area contributed by atoms with Crippen LogP contribution >= 0.6 is 11.6 Å². The Morgan fingerprint density at radius 1 is 1.41 bits per heavy atom. The quantitative estimate of drug-likeness (QED) is 0.887. The molecule has 1 aromatic carbocycles. The van der Waals surface area contributed by atoms with Crippen molar-refractivity contribution in [2.75, 3.05) is 12.8 Å². The highest BCUT2D eigenvalue weighted by molar-refractivity contribution is 6.35. The average molecular weight is 249 g/mol. The van der Waals surface area contributed by atoms with Gasteiger partial charge in [0.1, 0.15) is 5.75 Å². The molecule has 3 nitrogen and oxygen atoms in total. The third-order valence-corrected chi connectivity index (χ3v) is 3.44. The Balaban J connectivity index is 2.33. The minimum Gasteiger partial charge on any atom is -0.496 e. The Hall–Kier alpha value is -1.48. The summed E-state index contributed by atoms with van der Waals surface area (Å²) < 4.78 is 5.30. The SMILES string of the molecule is COc1ccc(Cl)c2nc(C3CC3)cc(N)c12. The molecule has 0 saturated heterocycles. The number of methoxy groups -OCH3 is 1. The number of hydrogen-bond donors (Lipinski definition) is 1. The van der Waals surface area contributed by atoms with Gasteiger partial charge in [-0.25, -0.2) is 0 Å². The Morgan fingerprint density at radius 3 is 2.82 bits per heavy atom. The summed E-state index contributed by atoms with van der Waals surface area (Å²) >= 11 is 6.18. The van der Waals surface area contributed by atoms with Crippen LogP contribution in [0.1, 0.15) is 24.5 Å². The predicted molar refractivity (Wildman–Crippen MR) is 69.7 cm³/mol. The van der Waals surface area contributed by atoms with Crippen LogP contribution in [0.25, 0.3) is 10.9 Å². The molecule has 0 atom stereocenters. The number of anilines is 1. The predicted octanol–water partition coefficient (Wildman–Crippen LogP) is 3.36. The highest BCUT2D eigenvalue weighted by Gasteiger charge is 2.26. The van der Waals surface area contributed by atoms with Gasteiger partial charge in [0, 0.05) is 17.3 Å². The number of nitrogens with two attached hydrogens (primary N) is 1. The van der Waals surface area contributed by atoms with Crippen LogP contribution in [0, 0.1) is 0 Å². The molecule has 1 heterocycles. The lowest BCUT2D eigenvalue weighted by Gasteiger charge is -2.10. The summed E-state index contributed by atoms with van der Waals surface area (Å²) in [5, 5.41) is 1.43. The van der Waals surface area contributed by atoms with E-state index in [1.165, 1.54) is 12.8 Å². The van der Waals surface area contributed by atoms with E-state index in [0.29, 0.717) is 16.6 Å². The molecule has 0 spiro atoms. The van der Waals surface area contributed by atoms with Gasteiger partial charge in [-0.05, 0) is 31.0 Å². The maximum atomic E-state index is 6.18. The molecule has 0 unspecified atom stereocenters. The van der Waals surface area contributed by atoms with E-state index in [1.807, 2.05) is 12.1 Å². The molecule has 2 N–H and O–H groups in total. The lowest BCUT2D eigenvalue weighted by Crippen LogP contribution is -1.97. The van der Waals surface area contributed by atoms with Crippen LogP contribution in [0.2, 0.25) is 5.02 Å². The van der Waals surface area contributed by atoms with Crippen molar-refractivity contribution in [1.29, 1.82) is 0 Å². The van der Waals surface area contributed by atoms with E-state index < -0.39 is 0 Å². The molecule has 1 aliphatic rings. The zero-order chi connectivity index (χ0) is 12.0. The Bertz CT molecular complexity index is 593. The first kappa shape index (κ1) is 10.7. The minimum absolute atomic E-state index is 0.559. The lowest BCUT2D eigenvalue weighted by atomic mass is 10.1. The van der Waals surface area contributed by atoms with Crippen molar-refractivity contribution in [3.8, 4) is 5.75 Å². The summed E-state index contributed by atoms with van der Waals surface area (Å²) in [6.07, 6.45) is 2.39. The van der Waals surface area contributed by atoms with Crippen LogP contribution in [0.5, 0.6) is 5.75 Å². The lowest BCUT2D eigenvalue weighted by molar-refractivity contribution is 0.420. The highest BCUT2D eigenvalue weighted by Crippen LogP contribution is 2.42. The summed E-state index contributed by atoms with van der Waals surface area (Å²) in [6, 6.07) is 5.56. The number of aromatic nitrogens is 1. The molecule has 0 radical (unpaired) electrons. The molecule has 1 fully saturated rings. The minimum atomic E-state index is 0.559. The van der Waals surface area contributed by atoms with E-state index in [4.69, 9.17) is 22.1 Å². The second kappa shape index (κ2) is 3.77. The zero-order valence-electron chi connectivity index (χ0n) is 9.53. The number of pyridine rings is 1. The van der Waals surface area contributed by atoms with Gasteiger partial charge in [0.2, 0.25) is 0 Å². The van der Waals surface area contributed by atoms with Crippen LogP contribution in [0.4, 0.5) is 5.69 Å². The molecular weight excluding hydrogens is 236 g/mol. The van der Waals surface area contributed by atoms with Gasteiger partial charge >= 0.3 is 0 Å². The summed E-state index contributed by atoms with van der Waals surface area (Å²) in [7, 11) is 1.62. The maximum Gasteiger partial charge on any atom is 0.130 e. The van der Waals surface area contributed by atoms with Crippen molar-refractivity contribution in [2.24, 2.45) is 0 Å². The smallest absolute Gasteiger partial charge is 0.130 e. The second-order valence-electron chi connectivity index (χ2n) is 4.38. The number of ether oxygens (including phenoxy) is 1. The Morgan fingerprint density at radius 2 is 2.18 bits per heavy atom. The third kappa shape index (κ3) is 1.71. The van der Waals surface area contributed by atoms with Crippen molar-refractivity contribution in [3.63, 3.8) is 0 Å². The maximum absolute atomic E-state index is 6.18. The van der Waals surface area contributed by atoms with E-state index in [1.54, 1.807) is 13.2 Å². The monoisotopic (exact) mass is 248 g/mol. The molecule has 88 valence electrons. The third-order valence-electron chi connectivity index (χ3n) is 3.14. The molecular formula is C13H13ClN2O. The fourth-order valence-electron chi connectivity index (χ4n) is 2.09. The van der Waals surface area contributed by atoms with Gasteiger partial charge < -0.3 is 10.5 Å². The summed E-state index contributed by atoms with van der Waals surface area (Å²) in [6.45, 7) is 0. The number of halogens is 1. The molecule has 0 bridgehead atoms. The first-order valence-electron chi connectivity index (χ1n) is 5.63. The largest absolute Gasteiger partial charge is 0.496 e. The summed E-state index contributed by atoms with van der Waals surface area (Å²) in [5.41, 5.74) is 8.57. The molecule has 1 saturated carbocycles. The van der Waals surface area contributed by atoms with Crippen molar-refractivity contribution in [2.45, 2.75) is 18.8 Å². The van der Waals surface area contributed by atoms with Crippen molar-refractivity contribution in [3.05, 3.63) is 28.9 Å². The van der Waals surface area contributed by atoms with Crippen LogP contribution < -0.4 is 10.5 Å². The topological polar surface area (TPSA) is 48.1 Å². The van der Waals surface area contributed by atoms with Gasteiger partial charge in [-0.1, -0.05) is 11.6 Å². The van der Waals surface area contributed by atoms with Crippen molar-refractivity contribution < 1.29 is 4.74 Å². The van der Waals surface area contributed by atoms with Gasteiger partial charge in [0.25, 0.3) is 0 Å². The van der Waals surface area contributed by atoms with E-state index in [-0.39, 0.29) is 0 Å². The van der Waals surface area contributed by atoms with Crippen LogP contribution in [0.15, 0.2) is 18.2 Å². The molecule has 0 aliphatic heterocycles. The molecule has 0 amide bonds. The van der Waals surface area contributed by atoms with E-state index in [0.717, 1.165) is 22.3 Å². The second-order valence-corrected chi connectivity index (χ2v) is 4.79. The molecule has 1 aromatic heterocycles. The molecule has 4 heteroatoms. The fraction of sp³-hybridized carbons (Fsp3) is 0.308. The van der Waals surface area contributed by atoms with E-state index >= 15 is 0 Å². The number of nitrogens with zero attached hydrogens (tertiary/aromatic N) is 1. The van der Waals surface area contributed by atoms with Crippen LogP contribution in [-0.2, 0) is 0 Å². The fourth-order valence-corrected chi connectivity index (χ4v) is 2.29. The van der Waals surface area contributed by atoms with Crippen molar-refractivity contribution >= 4 is 28.2 Å². The van der Waals surface area contributed by atoms with Gasteiger partial charge in [0.15, 0.2) is 0 Å². The normalized spacial score (nSPS) is 15.2. The van der Waals surface area contributed by atoms with Crippen LogP contribution in [-0.4, -0.2) is 12.1 Å². The van der Waals surface area contributed by atoms with Gasteiger partial charge in [-0.3, -0.25) is 4.98 Å². The van der Waals surface area contributed by atoms with Crippen molar-refractivity contribution in [1.82, 2.24) is 4.98 Å². The number of benzene rings is 1. The molecule has 17 heavy (non-hydrogen) atoms. The Kier molecular flexibility index (Phi) is 2.37. The average Bonchev–Trinajstić information content (AvgIpc) is 3.14. The Labute approximate surface area is 105 Å². The van der Waals surface area contributed by atoms with Gasteiger partial charge in [-0.2, -0.15) is 0 Å². The number of hydrogen-bond acceptors (Lipinski definition) is 3. The zero-order valence-corrected chi connectivity index (χ0v) is 10.3. The first-order valence-corrected chi connectivity index (χ1v) is 6.01. The first-order chi connectivity index (χ1) is 8.20. The van der Waals surface area contributed by atoms with Crippen LogP contribution in [0.3, 0.4) is 0 Å². The standard InChI is InChI=1S/C13H13ClN2O/c1-17-11-5-4-8(14)13-12(11)9(15)6-10(16-13)7-2-3-7/h4-7H,2-3H2,1H3,(H2,15,16). The number of fused-ring (bicyclic) bond motifs is 1. The molecule has 3 rings (SSSR count). The molecule has 2 aromatic rings. The molecule has 1 aliphatic carbocycles. The number of nitrogen functional groups attached to an aromatic ring is 1. The van der Waals surface area contributed by atoms with Gasteiger partial charge in [-0.15, -0.1) is 0 Å². The summed E-state index contributed by atoms with van der Waals surface area (Å²) in [5.74, 6) is 1.28. The van der Waals surface area contributed by atoms with Gasteiger partial charge in [0.05, 0.1) is 23.0 Å².